The number of nitrogens with zero attached hydrogens (tertiary/aromatic N) is 1. The zero-order chi connectivity index (χ0) is 24.2. The number of carbonyl (C=O) groups excluding carboxylic acids is 2. The van der Waals surface area contributed by atoms with E-state index in [0.29, 0.717) is 30.6 Å². The summed E-state index contributed by atoms with van der Waals surface area (Å²) in [7, 11) is -3.80. The van der Waals surface area contributed by atoms with Crippen molar-refractivity contribution in [1.29, 1.82) is 0 Å². The molecule has 0 bridgehead atoms. The van der Waals surface area contributed by atoms with Gasteiger partial charge in [0.15, 0.2) is 0 Å². The van der Waals surface area contributed by atoms with Crippen molar-refractivity contribution in [2.75, 3.05) is 18.4 Å². The number of nitrogens with one attached hydrogen (secondary N) is 2. The van der Waals surface area contributed by atoms with Crippen LogP contribution in [0.3, 0.4) is 0 Å². The van der Waals surface area contributed by atoms with Gasteiger partial charge in [0.2, 0.25) is 10.0 Å². The molecular weight excluding hydrogens is 445 g/mol. The molecule has 0 spiro atoms. The monoisotopic (exact) mass is 475 g/mol. The molecule has 7 nitrogen and oxygen atoms in total. The molecule has 3 rings (SSSR count). The van der Waals surface area contributed by atoms with Crippen molar-refractivity contribution in [1.82, 2.24) is 9.62 Å². The van der Waals surface area contributed by atoms with Gasteiger partial charge in [0.1, 0.15) is 5.82 Å². The number of hydrogen-bond acceptors (Lipinski definition) is 4. The number of carbonyl (C=O) groups is 2. The van der Waals surface area contributed by atoms with Crippen molar-refractivity contribution in [3.63, 3.8) is 0 Å². The minimum atomic E-state index is -3.80. The second-order valence-electron chi connectivity index (χ2n) is 8.47. The zero-order valence-electron chi connectivity index (χ0n) is 19.2. The number of hydrogen-bond donors (Lipinski definition) is 2. The van der Waals surface area contributed by atoms with E-state index in [1.807, 2.05) is 19.9 Å². The molecular formula is C24H30FN3O4S. The summed E-state index contributed by atoms with van der Waals surface area (Å²) in [5, 5.41) is 5.16. The fraction of sp³-hybridized carbons (Fsp3) is 0.417. The van der Waals surface area contributed by atoms with Crippen molar-refractivity contribution in [2.24, 2.45) is 0 Å². The van der Waals surface area contributed by atoms with Crippen LogP contribution in [0, 0.1) is 26.6 Å². The van der Waals surface area contributed by atoms with E-state index >= 15 is 0 Å². The Morgan fingerprint density at radius 1 is 1.00 bits per heavy atom. The minimum Gasteiger partial charge on any atom is -0.348 e. The SMILES string of the molecule is Cc1ccc(NC(=O)C(=O)NCC[C@@H]2CCCCN2S(=O)(=O)c2ccc(F)cc2C)cc1C. The van der Waals surface area contributed by atoms with Gasteiger partial charge in [0, 0.05) is 24.8 Å². The predicted molar refractivity (Wildman–Crippen MR) is 125 cm³/mol. The second kappa shape index (κ2) is 10.4. The molecule has 1 heterocycles. The molecule has 2 aromatic carbocycles. The maximum absolute atomic E-state index is 13.5. The lowest BCUT2D eigenvalue weighted by Crippen LogP contribution is -2.46. The van der Waals surface area contributed by atoms with E-state index in [1.165, 1.54) is 16.4 Å². The molecule has 0 radical (unpaired) electrons. The lowest BCUT2D eigenvalue weighted by molar-refractivity contribution is -0.136. The average molecular weight is 476 g/mol. The fourth-order valence-corrected chi connectivity index (χ4v) is 5.98. The van der Waals surface area contributed by atoms with E-state index in [0.717, 1.165) is 30.0 Å². The van der Waals surface area contributed by atoms with Crippen LogP contribution in [0.5, 0.6) is 0 Å². The van der Waals surface area contributed by atoms with Crippen LogP contribution in [0.2, 0.25) is 0 Å². The Balaban J connectivity index is 1.60. The molecule has 2 amide bonds. The van der Waals surface area contributed by atoms with Crippen molar-refractivity contribution < 1.29 is 22.4 Å². The average Bonchev–Trinajstić information content (AvgIpc) is 2.76. The highest BCUT2D eigenvalue weighted by Gasteiger charge is 2.34. The van der Waals surface area contributed by atoms with Gasteiger partial charge in [-0.2, -0.15) is 4.31 Å². The number of piperidine rings is 1. The summed E-state index contributed by atoms with van der Waals surface area (Å²) < 4.78 is 41.4. The largest absolute Gasteiger partial charge is 0.348 e. The van der Waals surface area contributed by atoms with Gasteiger partial charge < -0.3 is 10.6 Å². The summed E-state index contributed by atoms with van der Waals surface area (Å²) in [5.74, 6) is -2.02. The molecule has 0 saturated carbocycles. The second-order valence-corrected chi connectivity index (χ2v) is 10.3. The molecule has 1 fully saturated rings. The Kier molecular flexibility index (Phi) is 7.86. The van der Waals surface area contributed by atoms with Crippen LogP contribution in [-0.2, 0) is 19.6 Å². The van der Waals surface area contributed by atoms with Crippen LogP contribution < -0.4 is 10.6 Å². The van der Waals surface area contributed by atoms with Gasteiger partial charge in [0.05, 0.1) is 4.90 Å². The van der Waals surface area contributed by atoms with Gasteiger partial charge >= 0.3 is 11.8 Å². The van der Waals surface area contributed by atoms with Crippen molar-refractivity contribution in [3.8, 4) is 0 Å². The van der Waals surface area contributed by atoms with Gasteiger partial charge in [-0.15, -0.1) is 0 Å². The molecule has 0 unspecified atom stereocenters. The van der Waals surface area contributed by atoms with Gasteiger partial charge in [-0.3, -0.25) is 9.59 Å². The Bertz CT molecular complexity index is 1150. The first kappa shape index (κ1) is 24.9. The Hall–Kier alpha value is -2.78. The minimum absolute atomic E-state index is 0.0904. The first-order valence-corrected chi connectivity index (χ1v) is 12.5. The quantitative estimate of drug-likeness (QED) is 0.626. The smallest absolute Gasteiger partial charge is 0.313 e. The molecule has 0 aliphatic carbocycles. The number of anilines is 1. The van der Waals surface area contributed by atoms with E-state index in [4.69, 9.17) is 0 Å². The normalized spacial score (nSPS) is 16.9. The molecule has 33 heavy (non-hydrogen) atoms. The Morgan fingerprint density at radius 2 is 1.76 bits per heavy atom. The zero-order valence-corrected chi connectivity index (χ0v) is 20.0. The molecule has 1 aliphatic rings. The highest BCUT2D eigenvalue weighted by atomic mass is 32.2. The fourth-order valence-electron chi connectivity index (χ4n) is 4.05. The van der Waals surface area contributed by atoms with Gasteiger partial charge in [0.25, 0.3) is 0 Å². The van der Waals surface area contributed by atoms with Crippen molar-refractivity contribution >= 4 is 27.5 Å². The molecule has 1 atom stereocenters. The van der Waals surface area contributed by atoms with Crippen LogP contribution in [-0.4, -0.2) is 43.7 Å². The number of aryl methyl sites for hydroxylation is 3. The molecule has 1 aliphatic heterocycles. The van der Waals surface area contributed by atoms with Gasteiger partial charge in [-0.1, -0.05) is 12.5 Å². The first-order chi connectivity index (χ1) is 15.6. The lowest BCUT2D eigenvalue weighted by atomic mass is 10.0. The third kappa shape index (κ3) is 5.97. The lowest BCUT2D eigenvalue weighted by Gasteiger charge is -2.35. The summed E-state index contributed by atoms with van der Waals surface area (Å²) in [6, 6.07) is 8.73. The molecule has 2 aromatic rings. The van der Waals surface area contributed by atoms with Crippen LogP contribution in [0.1, 0.15) is 42.4 Å². The maximum Gasteiger partial charge on any atom is 0.313 e. The topological polar surface area (TPSA) is 95.6 Å². The molecule has 178 valence electrons. The highest BCUT2D eigenvalue weighted by Crippen LogP contribution is 2.28. The predicted octanol–water partition coefficient (Wildman–Crippen LogP) is 3.44. The number of benzene rings is 2. The summed E-state index contributed by atoms with van der Waals surface area (Å²) in [5.41, 5.74) is 2.98. The van der Waals surface area contributed by atoms with E-state index in [9.17, 15) is 22.4 Å². The number of sulfonamides is 1. The molecule has 1 saturated heterocycles. The van der Waals surface area contributed by atoms with Crippen LogP contribution in [0.15, 0.2) is 41.3 Å². The number of amides is 2. The van der Waals surface area contributed by atoms with E-state index < -0.39 is 27.7 Å². The van der Waals surface area contributed by atoms with Gasteiger partial charge in [-0.25, -0.2) is 12.8 Å². The number of halogens is 1. The Morgan fingerprint density at radius 3 is 2.45 bits per heavy atom. The van der Waals surface area contributed by atoms with E-state index in [-0.39, 0.29) is 17.5 Å². The van der Waals surface area contributed by atoms with Crippen LogP contribution in [0.4, 0.5) is 10.1 Å². The third-order valence-electron chi connectivity index (χ3n) is 6.03. The third-order valence-corrected chi connectivity index (χ3v) is 8.14. The van der Waals surface area contributed by atoms with Gasteiger partial charge in [-0.05, 0) is 87.1 Å². The molecule has 0 aromatic heterocycles. The van der Waals surface area contributed by atoms with Crippen molar-refractivity contribution in [3.05, 3.63) is 58.9 Å². The first-order valence-electron chi connectivity index (χ1n) is 11.0. The van der Waals surface area contributed by atoms with E-state index in [1.54, 1.807) is 19.1 Å². The summed E-state index contributed by atoms with van der Waals surface area (Å²) in [4.78, 5) is 24.5. The molecule has 9 heteroatoms. The van der Waals surface area contributed by atoms with Crippen LogP contribution in [0.25, 0.3) is 0 Å². The standard InChI is InChI=1S/C24H30FN3O4S/c1-16-7-9-20(15-17(16)2)27-24(30)23(29)26-12-11-21-6-4-5-13-28(21)33(31,32)22-10-8-19(25)14-18(22)3/h7-10,14-15,21H,4-6,11-13H2,1-3H3,(H,26,29)(H,27,30)/t21-/m0/s1. The number of rotatable bonds is 6. The van der Waals surface area contributed by atoms with Crippen molar-refractivity contribution in [2.45, 2.75) is 57.4 Å². The highest BCUT2D eigenvalue weighted by molar-refractivity contribution is 7.89. The summed E-state index contributed by atoms with van der Waals surface area (Å²) in [6.45, 7) is 5.98. The van der Waals surface area contributed by atoms with Crippen LogP contribution >= 0.6 is 0 Å². The maximum atomic E-state index is 13.5. The van der Waals surface area contributed by atoms with E-state index in [2.05, 4.69) is 10.6 Å². The summed E-state index contributed by atoms with van der Waals surface area (Å²) >= 11 is 0. The Labute approximate surface area is 194 Å². The molecule has 2 N–H and O–H groups in total. The summed E-state index contributed by atoms with van der Waals surface area (Å²) in [6.07, 6.45) is 2.65.